The van der Waals surface area contributed by atoms with Gasteiger partial charge in [-0.05, 0) is 42.4 Å². The largest absolute Gasteiger partial charge is 0.241 e. The fourth-order valence-electron chi connectivity index (χ4n) is 1.70. The van der Waals surface area contributed by atoms with Crippen LogP contribution in [0.1, 0.15) is 11.4 Å². The summed E-state index contributed by atoms with van der Waals surface area (Å²) in [5, 5.41) is 10.9. The van der Waals surface area contributed by atoms with Gasteiger partial charge < -0.3 is 0 Å². The van der Waals surface area contributed by atoms with Crippen LogP contribution in [0.5, 0.6) is 0 Å². The normalized spacial score (nSPS) is 10.5. The van der Waals surface area contributed by atoms with E-state index in [2.05, 4.69) is 20.4 Å². The number of nitrogens with zero attached hydrogens (tertiary/aromatic N) is 4. The average molecular weight is 284 g/mol. The number of aromatic nitrogens is 3. The van der Waals surface area contributed by atoms with E-state index in [0.29, 0.717) is 5.56 Å². The Morgan fingerprint density at radius 1 is 1.26 bits per heavy atom. The topological polar surface area (TPSA) is 62.5 Å². The van der Waals surface area contributed by atoms with Gasteiger partial charge in [0.1, 0.15) is 10.9 Å². The molecule has 1 aromatic carbocycles. The van der Waals surface area contributed by atoms with E-state index in [1.807, 2.05) is 31.2 Å². The van der Waals surface area contributed by atoms with Crippen LogP contribution in [-0.4, -0.2) is 14.3 Å². The second kappa shape index (κ2) is 4.96. The Bertz CT molecular complexity index is 789. The number of hydrogen-bond donors (Lipinski definition) is 0. The Balaban J connectivity index is 2.07. The molecule has 3 aromatic rings. The van der Waals surface area contributed by atoms with Crippen molar-refractivity contribution in [2.75, 3.05) is 0 Å². The maximum Gasteiger partial charge on any atom is 0.176 e. The first-order valence-electron chi connectivity index (χ1n) is 5.54. The maximum absolute atomic E-state index is 9.22. The minimum Gasteiger partial charge on any atom is -0.241 e. The van der Waals surface area contributed by atoms with Gasteiger partial charge in [0.05, 0.1) is 17.1 Å². The summed E-state index contributed by atoms with van der Waals surface area (Å²) in [6.45, 7) is 1.86. The van der Waals surface area contributed by atoms with Crippen LogP contribution in [0.4, 0.5) is 0 Å². The van der Waals surface area contributed by atoms with Crippen molar-refractivity contribution in [3.05, 3.63) is 41.7 Å². The van der Waals surface area contributed by atoms with E-state index < -0.39 is 0 Å². The number of rotatable bonds is 2. The molecule has 19 heavy (non-hydrogen) atoms. The first-order chi connectivity index (χ1) is 9.26. The van der Waals surface area contributed by atoms with E-state index in [0.717, 1.165) is 26.1 Å². The molecule has 3 rings (SSSR count). The highest BCUT2D eigenvalue weighted by Gasteiger charge is 2.08. The molecule has 0 radical (unpaired) electrons. The molecule has 0 fully saturated rings. The number of pyridine rings is 1. The lowest BCUT2D eigenvalue weighted by atomic mass is 10.1. The number of para-hydroxylation sites is 1. The van der Waals surface area contributed by atoms with Crippen molar-refractivity contribution in [1.82, 2.24) is 14.3 Å². The van der Waals surface area contributed by atoms with Gasteiger partial charge in [-0.15, -0.1) is 0 Å². The molecule has 0 bridgehead atoms. The summed E-state index contributed by atoms with van der Waals surface area (Å²) in [7, 11) is 0. The van der Waals surface area contributed by atoms with Crippen LogP contribution in [0.3, 0.4) is 0 Å². The molecular formula is C13H8N4S2. The van der Waals surface area contributed by atoms with Gasteiger partial charge in [-0.2, -0.15) is 9.64 Å². The molecule has 0 spiro atoms. The van der Waals surface area contributed by atoms with Gasteiger partial charge in [0.2, 0.25) is 0 Å². The van der Waals surface area contributed by atoms with Crippen LogP contribution in [-0.2, 0) is 0 Å². The fourth-order valence-corrected chi connectivity index (χ4v) is 3.32. The van der Waals surface area contributed by atoms with Crippen LogP contribution in [0.2, 0.25) is 0 Å². The Labute approximate surface area is 118 Å². The second-order valence-corrected chi connectivity index (χ2v) is 5.87. The zero-order chi connectivity index (χ0) is 13.2. The van der Waals surface area contributed by atoms with Crippen LogP contribution in [0.25, 0.3) is 10.9 Å². The number of nitriles is 1. The lowest BCUT2D eigenvalue weighted by molar-refractivity contribution is 1.09. The second-order valence-electron chi connectivity index (χ2n) is 3.85. The standard InChI is InChI=1S/C13H8N4S2/c1-8-15-13(19-17-8)18-12-6-9(7-14)10-4-2-3-5-11(10)16-12/h2-6H,1H3. The molecule has 2 heterocycles. The molecule has 0 aliphatic rings. The first-order valence-corrected chi connectivity index (χ1v) is 7.13. The summed E-state index contributed by atoms with van der Waals surface area (Å²) < 4.78 is 4.97. The maximum atomic E-state index is 9.22. The molecule has 0 unspecified atom stereocenters. The zero-order valence-electron chi connectivity index (χ0n) is 9.99. The summed E-state index contributed by atoms with van der Waals surface area (Å²) in [5.74, 6) is 0.758. The summed E-state index contributed by atoms with van der Waals surface area (Å²) in [6.07, 6.45) is 0. The zero-order valence-corrected chi connectivity index (χ0v) is 11.6. The highest BCUT2D eigenvalue weighted by atomic mass is 32.2. The highest BCUT2D eigenvalue weighted by molar-refractivity contribution is 8.00. The average Bonchev–Trinajstić information content (AvgIpc) is 2.83. The van der Waals surface area contributed by atoms with Crippen molar-refractivity contribution in [3.63, 3.8) is 0 Å². The van der Waals surface area contributed by atoms with E-state index in [4.69, 9.17) is 0 Å². The SMILES string of the molecule is Cc1nsc(Sc2cc(C#N)c3ccccc3n2)n1. The predicted octanol–water partition coefficient (Wildman–Crippen LogP) is 3.42. The third-order valence-corrected chi connectivity index (χ3v) is 4.27. The van der Waals surface area contributed by atoms with E-state index in [1.54, 1.807) is 6.07 Å². The molecule has 0 amide bonds. The van der Waals surface area contributed by atoms with Gasteiger partial charge in [0, 0.05) is 5.39 Å². The summed E-state index contributed by atoms with van der Waals surface area (Å²) in [5.41, 5.74) is 1.46. The third kappa shape index (κ3) is 2.43. The number of fused-ring (bicyclic) bond motifs is 1. The minimum absolute atomic E-state index is 0.634. The van der Waals surface area contributed by atoms with Gasteiger partial charge in [-0.25, -0.2) is 9.97 Å². The lowest BCUT2D eigenvalue weighted by Gasteiger charge is -2.02. The first kappa shape index (κ1) is 12.1. The van der Waals surface area contributed by atoms with Crippen LogP contribution in [0.15, 0.2) is 39.7 Å². The molecular weight excluding hydrogens is 276 g/mol. The van der Waals surface area contributed by atoms with Gasteiger partial charge >= 0.3 is 0 Å². The van der Waals surface area contributed by atoms with E-state index >= 15 is 0 Å². The van der Waals surface area contributed by atoms with Crippen LogP contribution < -0.4 is 0 Å². The summed E-state index contributed by atoms with van der Waals surface area (Å²) in [4.78, 5) is 8.83. The molecule has 0 aliphatic carbocycles. The quantitative estimate of drug-likeness (QED) is 0.721. The number of benzene rings is 1. The van der Waals surface area contributed by atoms with Gasteiger partial charge in [-0.3, -0.25) is 0 Å². The molecule has 6 heteroatoms. The smallest absolute Gasteiger partial charge is 0.176 e. The van der Waals surface area contributed by atoms with Gasteiger partial charge in [0.15, 0.2) is 4.34 Å². The number of aryl methyl sites for hydroxylation is 1. The molecule has 0 N–H and O–H groups in total. The van der Waals surface area contributed by atoms with Crippen LogP contribution in [0, 0.1) is 18.3 Å². The molecule has 4 nitrogen and oxygen atoms in total. The monoisotopic (exact) mass is 284 g/mol. The van der Waals surface area contributed by atoms with Gasteiger partial charge in [-0.1, -0.05) is 18.2 Å². The molecule has 0 atom stereocenters. The highest BCUT2D eigenvalue weighted by Crippen LogP contribution is 2.30. The fraction of sp³-hybridized carbons (Fsp3) is 0.0769. The summed E-state index contributed by atoms with van der Waals surface area (Å²) in [6, 6.07) is 11.7. The Morgan fingerprint density at radius 3 is 2.84 bits per heavy atom. The lowest BCUT2D eigenvalue weighted by Crippen LogP contribution is -1.87. The Morgan fingerprint density at radius 2 is 2.11 bits per heavy atom. The van der Waals surface area contributed by atoms with Crippen molar-refractivity contribution in [2.24, 2.45) is 0 Å². The van der Waals surface area contributed by atoms with Crippen molar-refractivity contribution in [2.45, 2.75) is 16.3 Å². The van der Waals surface area contributed by atoms with Crippen molar-refractivity contribution < 1.29 is 0 Å². The van der Waals surface area contributed by atoms with Gasteiger partial charge in [0.25, 0.3) is 0 Å². The Hall–Kier alpha value is -1.97. The predicted molar refractivity (Wildman–Crippen MR) is 75.2 cm³/mol. The van der Waals surface area contributed by atoms with E-state index in [1.165, 1.54) is 23.3 Å². The van der Waals surface area contributed by atoms with Crippen LogP contribution >= 0.6 is 23.3 Å². The van der Waals surface area contributed by atoms with E-state index in [-0.39, 0.29) is 0 Å². The number of hydrogen-bond acceptors (Lipinski definition) is 6. The minimum atomic E-state index is 0.634. The van der Waals surface area contributed by atoms with Crippen molar-refractivity contribution >= 4 is 34.2 Å². The molecule has 0 aliphatic heterocycles. The molecule has 0 saturated carbocycles. The van der Waals surface area contributed by atoms with Crippen molar-refractivity contribution in [1.29, 1.82) is 5.26 Å². The van der Waals surface area contributed by atoms with E-state index in [9.17, 15) is 5.26 Å². The summed E-state index contributed by atoms with van der Waals surface area (Å²) >= 11 is 2.78. The van der Waals surface area contributed by atoms with Crippen molar-refractivity contribution in [3.8, 4) is 6.07 Å². The third-order valence-electron chi connectivity index (χ3n) is 2.51. The molecule has 92 valence electrons. The molecule has 2 aromatic heterocycles. The Kier molecular flexibility index (Phi) is 3.15. The molecule has 0 saturated heterocycles.